The van der Waals surface area contributed by atoms with Gasteiger partial charge >= 0.3 is 0 Å². The molecule has 0 spiro atoms. The fourth-order valence-electron chi connectivity index (χ4n) is 7.82. The van der Waals surface area contributed by atoms with E-state index in [0.717, 1.165) is 57.2 Å². The highest BCUT2D eigenvalue weighted by atomic mass is 32.1. The number of rotatable bonds is 4. The number of benzene rings is 6. The van der Waals surface area contributed by atoms with Gasteiger partial charge in [-0.1, -0.05) is 103 Å². The molecule has 0 radical (unpaired) electrons. The van der Waals surface area contributed by atoms with Crippen LogP contribution < -0.4 is 0 Å². The molecule has 0 saturated heterocycles. The monoisotopic (exact) mass is 672 g/mol. The summed E-state index contributed by atoms with van der Waals surface area (Å²) in [6.45, 7) is 0. The van der Waals surface area contributed by atoms with Crippen molar-refractivity contribution < 1.29 is 4.42 Å². The van der Waals surface area contributed by atoms with Gasteiger partial charge in [0.05, 0.1) is 11.0 Å². The first kappa shape index (κ1) is 28.5. The molecule has 0 bridgehead atoms. The van der Waals surface area contributed by atoms with E-state index >= 15 is 0 Å². The van der Waals surface area contributed by atoms with Gasteiger partial charge in [-0.25, -0.2) is 15.0 Å². The molecule has 6 aromatic carbocycles. The highest BCUT2D eigenvalue weighted by molar-refractivity contribution is 7.20. The van der Waals surface area contributed by atoms with Crippen molar-refractivity contribution in [2.45, 2.75) is 12.8 Å². The molecular formula is C45H28N4OS. The van der Waals surface area contributed by atoms with Crippen LogP contribution >= 0.6 is 11.3 Å². The van der Waals surface area contributed by atoms with E-state index in [9.17, 15) is 0 Å². The Morgan fingerprint density at radius 2 is 1.25 bits per heavy atom. The number of aryl methyl sites for hydroxylation is 1. The fraction of sp³-hybridized carbons (Fsp3) is 0.0444. The van der Waals surface area contributed by atoms with Crippen LogP contribution in [0.1, 0.15) is 16.9 Å². The van der Waals surface area contributed by atoms with Crippen molar-refractivity contribution in [1.82, 2.24) is 19.5 Å². The van der Waals surface area contributed by atoms with E-state index in [2.05, 4.69) is 120 Å². The minimum atomic E-state index is 0.618. The first-order chi connectivity index (χ1) is 25.3. The van der Waals surface area contributed by atoms with Crippen molar-refractivity contribution in [2.75, 3.05) is 0 Å². The van der Waals surface area contributed by atoms with Gasteiger partial charge in [0.1, 0.15) is 11.2 Å². The molecule has 1 aliphatic rings. The molecule has 5 nitrogen and oxygen atoms in total. The maximum atomic E-state index is 6.51. The summed E-state index contributed by atoms with van der Waals surface area (Å²) < 4.78 is 10.1. The van der Waals surface area contributed by atoms with E-state index in [4.69, 9.17) is 19.4 Å². The third-order valence-electron chi connectivity index (χ3n) is 10.1. The molecule has 11 rings (SSSR count). The number of nitrogens with zero attached hydrogens (tertiary/aromatic N) is 4. The zero-order chi connectivity index (χ0) is 33.5. The van der Waals surface area contributed by atoms with Crippen LogP contribution in [0.15, 0.2) is 144 Å². The number of aromatic nitrogens is 4. The van der Waals surface area contributed by atoms with Gasteiger partial charge in [0, 0.05) is 58.9 Å². The lowest BCUT2D eigenvalue weighted by Crippen LogP contribution is -2.00. The summed E-state index contributed by atoms with van der Waals surface area (Å²) in [5.74, 6) is 1.93. The van der Waals surface area contributed by atoms with Gasteiger partial charge in [0.15, 0.2) is 17.5 Å². The Labute approximate surface area is 296 Å². The third kappa shape index (κ3) is 4.36. The zero-order valence-corrected chi connectivity index (χ0v) is 28.2. The van der Waals surface area contributed by atoms with Crippen molar-refractivity contribution in [3.8, 4) is 39.9 Å². The molecule has 1 aliphatic carbocycles. The maximum Gasteiger partial charge on any atom is 0.165 e. The van der Waals surface area contributed by atoms with E-state index in [1.54, 1.807) is 0 Å². The second-order valence-corrected chi connectivity index (χ2v) is 14.2. The van der Waals surface area contributed by atoms with Gasteiger partial charge in [-0.05, 0) is 60.9 Å². The molecule has 0 aliphatic heterocycles. The summed E-state index contributed by atoms with van der Waals surface area (Å²) >= 11 is 1.86. The van der Waals surface area contributed by atoms with Crippen LogP contribution in [0.5, 0.6) is 0 Å². The summed E-state index contributed by atoms with van der Waals surface area (Å²) in [6.07, 6.45) is 6.69. The topological polar surface area (TPSA) is 56.7 Å². The molecule has 0 amide bonds. The molecule has 240 valence electrons. The molecule has 0 N–H and O–H groups in total. The number of allylic oxidation sites excluding steroid dienone is 1. The van der Waals surface area contributed by atoms with Gasteiger partial charge in [-0.15, -0.1) is 11.3 Å². The normalized spacial score (nSPS) is 12.9. The average molecular weight is 673 g/mol. The highest BCUT2D eigenvalue weighted by Gasteiger charge is 2.22. The Balaban J connectivity index is 1.16. The standard InChI is InChI=1S/C45H28N4OS/c1-2-12-27(13-3-1)43-46-44(48-45(47-43)34-19-10-17-32-31-16-6-9-23-40(31)51-42(32)34)33-18-11-22-39-41(33)35-26-28(24-25-38(35)50-39)49-36-20-7-4-14-29(36)30-15-5-8-21-37(30)49/h1-8,10-22,24-26H,9,23H2. The number of furan rings is 1. The Morgan fingerprint density at radius 1 is 0.569 bits per heavy atom. The van der Waals surface area contributed by atoms with Crippen LogP contribution in [-0.2, 0) is 6.42 Å². The van der Waals surface area contributed by atoms with E-state index in [-0.39, 0.29) is 0 Å². The zero-order valence-electron chi connectivity index (χ0n) is 27.4. The van der Waals surface area contributed by atoms with Gasteiger partial charge in [0.2, 0.25) is 0 Å². The summed E-state index contributed by atoms with van der Waals surface area (Å²) in [5.41, 5.74) is 9.23. The first-order valence-corrected chi connectivity index (χ1v) is 18.1. The van der Waals surface area contributed by atoms with Crippen LogP contribution in [0, 0.1) is 0 Å². The SMILES string of the molecule is C1=Cc2c(sc3c(-c4nc(-c5ccccc5)nc(-c5cccc6oc7ccc(-n8c9ccccc9c9ccccc98)cc7c56)n4)cccc23)CC1. The van der Waals surface area contributed by atoms with E-state index in [1.807, 2.05) is 41.7 Å². The minimum absolute atomic E-state index is 0.618. The molecule has 0 atom stereocenters. The summed E-state index contributed by atoms with van der Waals surface area (Å²) in [4.78, 5) is 17.0. The van der Waals surface area contributed by atoms with Crippen LogP contribution in [0.25, 0.3) is 99.8 Å². The van der Waals surface area contributed by atoms with Gasteiger partial charge in [-0.2, -0.15) is 0 Å². The van der Waals surface area contributed by atoms with Crippen LogP contribution in [-0.4, -0.2) is 19.5 Å². The average Bonchev–Trinajstić information content (AvgIpc) is 3.87. The molecular weight excluding hydrogens is 645 g/mol. The van der Waals surface area contributed by atoms with Gasteiger partial charge in [-0.3, -0.25) is 0 Å². The number of thiophene rings is 1. The van der Waals surface area contributed by atoms with Crippen LogP contribution in [0.4, 0.5) is 0 Å². The fourth-order valence-corrected chi connectivity index (χ4v) is 9.13. The second kappa shape index (κ2) is 11.1. The number of fused-ring (bicyclic) bond motifs is 9. The number of hydrogen-bond acceptors (Lipinski definition) is 5. The quantitative estimate of drug-likeness (QED) is 0.187. The Bertz CT molecular complexity index is 2990. The van der Waals surface area contributed by atoms with Crippen molar-refractivity contribution >= 4 is 71.2 Å². The Hall–Kier alpha value is -6.37. The number of para-hydroxylation sites is 2. The summed E-state index contributed by atoms with van der Waals surface area (Å²) in [6, 6.07) is 46.5. The van der Waals surface area contributed by atoms with E-state index in [1.165, 1.54) is 42.3 Å². The van der Waals surface area contributed by atoms with Crippen molar-refractivity contribution in [3.05, 3.63) is 150 Å². The number of hydrogen-bond donors (Lipinski definition) is 0. The maximum absolute atomic E-state index is 6.51. The third-order valence-corrected chi connectivity index (χ3v) is 11.4. The molecule has 4 aromatic heterocycles. The Kier molecular flexibility index (Phi) is 6.18. The van der Waals surface area contributed by atoms with Crippen molar-refractivity contribution in [2.24, 2.45) is 0 Å². The Morgan fingerprint density at radius 3 is 2.08 bits per heavy atom. The molecule has 0 unspecified atom stereocenters. The molecule has 0 saturated carbocycles. The smallest absolute Gasteiger partial charge is 0.165 e. The van der Waals surface area contributed by atoms with Crippen LogP contribution in [0.2, 0.25) is 0 Å². The van der Waals surface area contributed by atoms with Gasteiger partial charge in [0.25, 0.3) is 0 Å². The lowest BCUT2D eigenvalue weighted by molar-refractivity contribution is 0.669. The molecule has 4 heterocycles. The second-order valence-electron chi connectivity index (χ2n) is 13.1. The molecule has 0 fully saturated rings. The molecule has 10 aromatic rings. The lowest BCUT2D eigenvalue weighted by Gasteiger charge is -2.10. The summed E-state index contributed by atoms with van der Waals surface area (Å²) in [5, 5.41) is 5.72. The lowest BCUT2D eigenvalue weighted by atomic mass is 10.0. The van der Waals surface area contributed by atoms with Gasteiger partial charge < -0.3 is 8.98 Å². The predicted octanol–water partition coefficient (Wildman–Crippen LogP) is 12.0. The van der Waals surface area contributed by atoms with Crippen molar-refractivity contribution in [1.29, 1.82) is 0 Å². The first-order valence-electron chi connectivity index (χ1n) is 17.3. The van der Waals surface area contributed by atoms with Crippen molar-refractivity contribution in [3.63, 3.8) is 0 Å². The largest absolute Gasteiger partial charge is 0.456 e. The predicted molar refractivity (Wildman–Crippen MR) is 210 cm³/mol. The minimum Gasteiger partial charge on any atom is -0.456 e. The highest BCUT2D eigenvalue weighted by Crippen LogP contribution is 2.42. The molecule has 51 heavy (non-hydrogen) atoms. The van der Waals surface area contributed by atoms with E-state index in [0.29, 0.717) is 17.5 Å². The van der Waals surface area contributed by atoms with Crippen LogP contribution in [0.3, 0.4) is 0 Å². The molecule has 6 heteroatoms. The summed E-state index contributed by atoms with van der Waals surface area (Å²) in [7, 11) is 0. The van der Waals surface area contributed by atoms with E-state index < -0.39 is 0 Å².